The second-order valence-electron chi connectivity index (χ2n) is 4.36. The average Bonchev–Trinajstić information content (AvgIpc) is 2.74. The molecule has 0 saturated carbocycles. The van der Waals surface area contributed by atoms with Gasteiger partial charge in [-0.25, -0.2) is 9.97 Å². The van der Waals surface area contributed by atoms with E-state index in [0.29, 0.717) is 17.5 Å². The van der Waals surface area contributed by atoms with Crippen LogP contribution in [0.1, 0.15) is 11.1 Å². The zero-order valence-electron chi connectivity index (χ0n) is 9.43. The smallest absolute Gasteiger partial charge is 0.222 e. The number of rotatable bonds is 2. The number of nitrogens with one attached hydrogen (secondary N) is 1. The molecule has 82 valence electrons. The first-order valence-corrected chi connectivity index (χ1v) is 5.72. The Morgan fingerprint density at radius 2 is 1.65 bits per heavy atom. The van der Waals surface area contributed by atoms with Crippen LogP contribution >= 0.6 is 0 Å². The molecule has 0 bridgehead atoms. The summed E-state index contributed by atoms with van der Waals surface area (Å²) in [7, 11) is 5.55. The van der Waals surface area contributed by atoms with Crippen LogP contribution in [0.2, 0.25) is 0 Å². The van der Waals surface area contributed by atoms with Crippen molar-refractivity contribution in [1.82, 2.24) is 9.97 Å². The number of benzene rings is 1. The van der Waals surface area contributed by atoms with Crippen LogP contribution in [-0.4, -0.2) is 23.9 Å². The number of hydrogen-bond donors (Lipinski definition) is 1. The van der Waals surface area contributed by atoms with Gasteiger partial charge in [-0.2, -0.15) is 0 Å². The third-order valence-electron chi connectivity index (χ3n) is 3.06. The lowest BCUT2D eigenvalue weighted by atomic mass is 10.0. The number of nitrogens with zero attached hydrogens (tertiary/aromatic N) is 2. The van der Waals surface area contributed by atoms with Gasteiger partial charge in [0.05, 0.1) is 0 Å². The van der Waals surface area contributed by atoms with Crippen molar-refractivity contribution in [2.45, 2.75) is 18.9 Å². The van der Waals surface area contributed by atoms with Gasteiger partial charge in [-0.1, -0.05) is 29.7 Å². The lowest BCUT2D eigenvalue weighted by Crippen LogP contribution is -2.21. The maximum Gasteiger partial charge on any atom is 0.222 e. The molecule has 0 unspecified atom stereocenters. The number of hydrogen-bond acceptors (Lipinski definition) is 3. The van der Waals surface area contributed by atoms with Crippen molar-refractivity contribution in [3.63, 3.8) is 0 Å². The van der Waals surface area contributed by atoms with Gasteiger partial charge < -0.3 is 5.32 Å². The third kappa shape index (κ3) is 2.16. The molecule has 0 saturated heterocycles. The van der Waals surface area contributed by atoms with E-state index in [0.717, 1.165) is 12.8 Å². The molecule has 3 rings (SSSR count). The normalized spacial score (nSPS) is 14.6. The van der Waals surface area contributed by atoms with E-state index in [-0.39, 0.29) is 0 Å². The molecule has 1 N–H and O–H groups in total. The molecule has 1 aromatic heterocycles. The molecule has 1 aliphatic carbocycles. The van der Waals surface area contributed by atoms with Crippen molar-refractivity contribution in [2.75, 3.05) is 5.32 Å². The number of fused-ring (bicyclic) bond motifs is 1. The zero-order chi connectivity index (χ0) is 11.7. The van der Waals surface area contributed by atoms with E-state index in [2.05, 4.69) is 39.6 Å². The quantitative estimate of drug-likeness (QED) is 0.764. The predicted molar refractivity (Wildman–Crippen MR) is 68.7 cm³/mol. The minimum absolute atomic E-state index is 0.385. The fourth-order valence-electron chi connectivity index (χ4n) is 2.26. The zero-order valence-corrected chi connectivity index (χ0v) is 9.43. The maximum absolute atomic E-state index is 5.55. The van der Waals surface area contributed by atoms with Crippen LogP contribution in [-0.2, 0) is 12.8 Å². The van der Waals surface area contributed by atoms with Gasteiger partial charge in [-0.15, -0.1) is 0 Å². The number of anilines is 1. The van der Waals surface area contributed by atoms with Crippen molar-refractivity contribution in [2.24, 2.45) is 0 Å². The van der Waals surface area contributed by atoms with Crippen molar-refractivity contribution in [1.29, 1.82) is 0 Å². The summed E-state index contributed by atoms with van der Waals surface area (Å²) < 4.78 is 0. The molecule has 0 spiro atoms. The van der Waals surface area contributed by atoms with E-state index >= 15 is 0 Å². The van der Waals surface area contributed by atoms with Gasteiger partial charge >= 0.3 is 0 Å². The summed E-state index contributed by atoms with van der Waals surface area (Å²) in [5, 5.41) is 3.34. The molecule has 1 aliphatic rings. The molecule has 17 heavy (non-hydrogen) atoms. The third-order valence-corrected chi connectivity index (χ3v) is 3.06. The fourth-order valence-corrected chi connectivity index (χ4v) is 2.26. The van der Waals surface area contributed by atoms with Gasteiger partial charge in [-0.3, -0.25) is 0 Å². The van der Waals surface area contributed by atoms with Gasteiger partial charge in [0.25, 0.3) is 0 Å². The van der Waals surface area contributed by atoms with E-state index < -0.39 is 0 Å². The van der Waals surface area contributed by atoms with Crippen LogP contribution in [0, 0.1) is 0 Å². The van der Waals surface area contributed by atoms with E-state index in [1.165, 1.54) is 11.1 Å². The van der Waals surface area contributed by atoms with E-state index in [1.54, 1.807) is 12.4 Å². The SMILES string of the molecule is [B]c1cnc(NC2Cc3ccccc3C2)nc1. The molecule has 3 nitrogen and oxygen atoms in total. The summed E-state index contributed by atoms with van der Waals surface area (Å²) in [6, 6.07) is 8.92. The second kappa shape index (κ2) is 4.20. The molecular formula is C13H12BN3. The first kappa shape index (κ1) is 10.3. The summed E-state index contributed by atoms with van der Waals surface area (Å²) in [6.07, 6.45) is 5.31. The van der Waals surface area contributed by atoms with Crippen molar-refractivity contribution < 1.29 is 0 Å². The molecule has 1 aromatic carbocycles. The monoisotopic (exact) mass is 221 g/mol. The van der Waals surface area contributed by atoms with Gasteiger partial charge in [-0.05, 0) is 24.0 Å². The largest absolute Gasteiger partial charge is 0.351 e. The standard InChI is InChI=1S/C13H12BN3/c14-11-7-15-13(16-8-11)17-12-5-9-3-1-2-4-10(9)6-12/h1-4,7-8,12H,5-6H2,(H,15,16,17). The first-order chi connectivity index (χ1) is 8.31. The summed E-state index contributed by atoms with van der Waals surface area (Å²) in [5.74, 6) is 0.650. The Balaban J connectivity index is 1.71. The Morgan fingerprint density at radius 1 is 1.06 bits per heavy atom. The summed E-state index contributed by atoms with van der Waals surface area (Å²) in [4.78, 5) is 8.31. The summed E-state index contributed by atoms with van der Waals surface area (Å²) >= 11 is 0. The highest BCUT2D eigenvalue weighted by Gasteiger charge is 2.20. The van der Waals surface area contributed by atoms with E-state index in [4.69, 9.17) is 7.85 Å². The van der Waals surface area contributed by atoms with Gasteiger partial charge in [0.1, 0.15) is 7.85 Å². The molecule has 4 heteroatoms. The highest BCUT2D eigenvalue weighted by atomic mass is 15.1. The molecule has 2 aromatic rings. The molecule has 0 atom stereocenters. The number of aromatic nitrogens is 2. The van der Waals surface area contributed by atoms with E-state index in [1.807, 2.05) is 0 Å². The first-order valence-electron chi connectivity index (χ1n) is 5.72. The van der Waals surface area contributed by atoms with Crippen molar-refractivity contribution in [3.05, 3.63) is 47.8 Å². The van der Waals surface area contributed by atoms with Crippen LogP contribution in [0.3, 0.4) is 0 Å². The van der Waals surface area contributed by atoms with Crippen LogP contribution < -0.4 is 10.8 Å². The topological polar surface area (TPSA) is 37.8 Å². The summed E-state index contributed by atoms with van der Waals surface area (Å²) in [5.41, 5.74) is 3.42. The average molecular weight is 221 g/mol. The van der Waals surface area contributed by atoms with Gasteiger partial charge in [0, 0.05) is 18.4 Å². The van der Waals surface area contributed by atoms with Crippen molar-refractivity contribution >= 4 is 19.3 Å². The molecule has 0 amide bonds. The highest BCUT2D eigenvalue weighted by molar-refractivity contribution is 6.31. The minimum Gasteiger partial charge on any atom is -0.351 e. The Morgan fingerprint density at radius 3 is 2.24 bits per heavy atom. The molecule has 0 aliphatic heterocycles. The lowest BCUT2D eigenvalue weighted by molar-refractivity contribution is 0.762. The van der Waals surface area contributed by atoms with Gasteiger partial charge in [0.15, 0.2) is 0 Å². The Kier molecular flexibility index (Phi) is 2.55. The van der Waals surface area contributed by atoms with Crippen LogP contribution in [0.5, 0.6) is 0 Å². The van der Waals surface area contributed by atoms with Crippen molar-refractivity contribution in [3.8, 4) is 0 Å². The lowest BCUT2D eigenvalue weighted by Gasteiger charge is -2.11. The Bertz CT molecular complexity index is 499. The predicted octanol–water partition coefficient (Wildman–Crippen LogP) is 0.850. The molecule has 1 heterocycles. The highest BCUT2D eigenvalue weighted by Crippen LogP contribution is 2.23. The molecule has 2 radical (unpaired) electrons. The fraction of sp³-hybridized carbons (Fsp3) is 0.231. The van der Waals surface area contributed by atoms with Gasteiger partial charge in [0.2, 0.25) is 5.95 Å². The Hall–Kier alpha value is -1.84. The van der Waals surface area contributed by atoms with Crippen LogP contribution in [0.4, 0.5) is 5.95 Å². The Labute approximate surface area is 102 Å². The molecular weight excluding hydrogens is 209 g/mol. The minimum atomic E-state index is 0.385. The summed E-state index contributed by atoms with van der Waals surface area (Å²) in [6.45, 7) is 0. The molecule has 0 fully saturated rings. The van der Waals surface area contributed by atoms with Crippen LogP contribution in [0.25, 0.3) is 0 Å². The van der Waals surface area contributed by atoms with E-state index in [9.17, 15) is 0 Å². The van der Waals surface area contributed by atoms with Crippen LogP contribution in [0.15, 0.2) is 36.7 Å². The maximum atomic E-state index is 5.55. The second-order valence-corrected chi connectivity index (χ2v) is 4.36.